The van der Waals surface area contributed by atoms with Gasteiger partial charge in [-0.25, -0.2) is 4.39 Å². The summed E-state index contributed by atoms with van der Waals surface area (Å²) in [5, 5.41) is 0. The molecule has 150 valence electrons. The first-order valence-corrected chi connectivity index (χ1v) is 9.76. The third-order valence-electron chi connectivity index (χ3n) is 5.92. The zero-order valence-electron chi connectivity index (χ0n) is 15.9. The summed E-state index contributed by atoms with van der Waals surface area (Å²) in [6.07, 6.45) is 1.16. The number of fused-ring (bicyclic) bond motifs is 5. The number of halogens is 1. The second kappa shape index (κ2) is 6.19. The summed E-state index contributed by atoms with van der Waals surface area (Å²) >= 11 is 0. The molecule has 0 bridgehead atoms. The van der Waals surface area contributed by atoms with E-state index in [2.05, 4.69) is 4.98 Å². The standard InChI is InChI=1S/C23H17FN2O4/c24-14-5-6-15(25-11-14)12-26-18-4-2-1-3-16(18)23(22(26)27)13-30-19-10-21-20(9-17(19)23)28-7-8-29-21/h1-6,9-11H,7-8,12-13H2/t23-/m0/s1. The van der Waals surface area contributed by atoms with Gasteiger partial charge in [0, 0.05) is 17.3 Å². The smallest absolute Gasteiger partial charge is 0.246 e. The molecule has 0 fully saturated rings. The second-order valence-electron chi connectivity index (χ2n) is 7.56. The van der Waals surface area contributed by atoms with Crippen molar-refractivity contribution in [1.29, 1.82) is 0 Å². The number of aromatic nitrogens is 1. The number of para-hydroxylation sites is 1. The minimum absolute atomic E-state index is 0.0924. The van der Waals surface area contributed by atoms with Crippen molar-refractivity contribution in [3.8, 4) is 17.2 Å². The van der Waals surface area contributed by atoms with Crippen LogP contribution in [0.5, 0.6) is 17.2 Å². The first-order chi connectivity index (χ1) is 14.7. The third-order valence-corrected chi connectivity index (χ3v) is 5.92. The number of hydrogen-bond donors (Lipinski definition) is 0. The number of hydrogen-bond acceptors (Lipinski definition) is 5. The summed E-state index contributed by atoms with van der Waals surface area (Å²) in [5.74, 6) is 1.37. The molecule has 0 N–H and O–H groups in total. The van der Waals surface area contributed by atoms with E-state index >= 15 is 0 Å². The number of nitrogens with zero attached hydrogens (tertiary/aromatic N) is 2. The summed E-state index contributed by atoms with van der Waals surface area (Å²) in [6.45, 7) is 1.40. The van der Waals surface area contributed by atoms with E-state index in [0.717, 1.165) is 23.0 Å². The molecule has 0 radical (unpaired) electrons. The summed E-state index contributed by atoms with van der Waals surface area (Å²) in [4.78, 5) is 19.7. The third kappa shape index (κ3) is 2.29. The van der Waals surface area contributed by atoms with Gasteiger partial charge in [0.25, 0.3) is 0 Å². The fraction of sp³-hybridized carbons (Fsp3) is 0.217. The summed E-state index contributed by atoms with van der Waals surface area (Å²) in [7, 11) is 0. The Bertz CT molecular complexity index is 1180. The molecule has 1 aromatic heterocycles. The van der Waals surface area contributed by atoms with Crippen molar-refractivity contribution < 1.29 is 23.4 Å². The number of carbonyl (C=O) groups is 1. The lowest BCUT2D eigenvalue weighted by Gasteiger charge is -2.24. The van der Waals surface area contributed by atoms with Crippen LogP contribution in [-0.4, -0.2) is 30.7 Å². The number of ether oxygens (including phenoxy) is 3. The van der Waals surface area contributed by atoms with Gasteiger partial charge in [-0.3, -0.25) is 9.78 Å². The van der Waals surface area contributed by atoms with Crippen molar-refractivity contribution in [1.82, 2.24) is 4.98 Å². The number of rotatable bonds is 2. The molecule has 1 amide bonds. The Kier molecular flexibility index (Phi) is 3.56. The van der Waals surface area contributed by atoms with E-state index in [0.29, 0.717) is 36.2 Å². The number of pyridine rings is 1. The van der Waals surface area contributed by atoms with E-state index in [4.69, 9.17) is 14.2 Å². The van der Waals surface area contributed by atoms with Gasteiger partial charge in [0.15, 0.2) is 11.5 Å². The van der Waals surface area contributed by atoms with Crippen molar-refractivity contribution in [3.63, 3.8) is 0 Å². The summed E-state index contributed by atoms with van der Waals surface area (Å²) in [5.41, 5.74) is 2.12. The number of anilines is 1. The quantitative estimate of drug-likeness (QED) is 0.657. The van der Waals surface area contributed by atoms with Crippen molar-refractivity contribution in [3.05, 3.63) is 77.4 Å². The van der Waals surface area contributed by atoms with E-state index in [1.54, 1.807) is 17.0 Å². The predicted molar refractivity (Wildman–Crippen MR) is 106 cm³/mol. The highest BCUT2D eigenvalue weighted by atomic mass is 19.1. The largest absolute Gasteiger partial charge is 0.491 e. The van der Waals surface area contributed by atoms with E-state index in [-0.39, 0.29) is 19.1 Å². The van der Waals surface area contributed by atoms with Gasteiger partial charge in [0.1, 0.15) is 36.8 Å². The number of benzene rings is 2. The van der Waals surface area contributed by atoms with E-state index in [1.165, 1.54) is 6.07 Å². The normalized spacial score (nSPS) is 20.8. The van der Waals surface area contributed by atoms with Crippen LogP contribution >= 0.6 is 0 Å². The van der Waals surface area contributed by atoms with Gasteiger partial charge >= 0.3 is 0 Å². The minimum atomic E-state index is -0.957. The van der Waals surface area contributed by atoms with Gasteiger partial charge < -0.3 is 19.1 Å². The minimum Gasteiger partial charge on any atom is -0.491 e. The average molecular weight is 404 g/mol. The van der Waals surface area contributed by atoms with Crippen LogP contribution in [0.15, 0.2) is 54.7 Å². The van der Waals surface area contributed by atoms with Crippen LogP contribution in [0.2, 0.25) is 0 Å². The highest BCUT2D eigenvalue weighted by Gasteiger charge is 2.57. The lowest BCUT2D eigenvalue weighted by Crippen LogP contribution is -2.42. The Morgan fingerprint density at radius 2 is 1.77 bits per heavy atom. The molecular weight excluding hydrogens is 387 g/mol. The lowest BCUT2D eigenvalue weighted by molar-refractivity contribution is -0.122. The van der Waals surface area contributed by atoms with E-state index in [1.807, 2.05) is 30.3 Å². The fourth-order valence-electron chi connectivity index (χ4n) is 4.53. The maximum absolute atomic E-state index is 13.9. The highest BCUT2D eigenvalue weighted by Crippen LogP contribution is 2.54. The zero-order chi connectivity index (χ0) is 20.3. The Hall–Kier alpha value is -3.61. The molecule has 1 atom stereocenters. The molecule has 4 heterocycles. The molecule has 3 aromatic rings. The van der Waals surface area contributed by atoms with Crippen LogP contribution in [-0.2, 0) is 16.8 Å². The molecule has 3 aliphatic heterocycles. The Balaban J connectivity index is 1.48. The van der Waals surface area contributed by atoms with Gasteiger partial charge in [-0.15, -0.1) is 0 Å². The van der Waals surface area contributed by atoms with E-state index < -0.39 is 11.2 Å². The molecule has 7 heteroatoms. The molecule has 6 nitrogen and oxygen atoms in total. The van der Waals surface area contributed by atoms with Gasteiger partial charge in [0.05, 0.1) is 18.4 Å². The molecule has 6 rings (SSSR count). The molecule has 30 heavy (non-hydrogen) atoms. The van der Waals surface area contributed by atoms with Gasteiger partial charge in [-0.1, -0.05) is 18.2 Å². The molecule has 0 saturated heterocycles. The van der Waals surface area contributed by atoms with Crippen LogP contribution in [0.4, 0.5) is 10.1 Å². The van der Waals surface area contributed by atoms with Gasteiger partial charge in [-0.05, 0) is 29.8 Å². The molecule has 1 spiro atoms. The van der Waals surface area contributed by atoms with Crippen molar-refractivity contribution in [2.75, 3.05) is 24.7 Å². The van der Waals surface area contributed by atoms with Crippen molar-refractivity contribution >= 4 is 11.6 Å². The van der Waals surface area contributed by atoms with Crippen LogP contribution in [0.1, 0.15) is 16.8 Å². The Labute approximate surface area is 171 Å². The Morgan fingerprint density at radius 1 is 0.967 bits per heavy atom. The maximum Gasteiger partial charge on any atom is 0.246 e. The monoisotopic (exact) mass is 404 g/mol. The Morgan fingerprint density at radius 3 is 2.57 bits per heavy atom. The van der Waals surface area contributed by atoms with E-state index in [9.17, 15) is 9.18 Å². The summed E-state index contributed by atoms with van der Waals surface area (Å²) < 4.78 is 30.7. The first-order valence-electron chi connectivity index (χ1n) is 9.76. The molecular formula is C23H17FN2O4. The first kappa shape index (κ1) is 17.3. The highest BCUT2D eigenvalue weighted by molar-refractivity contribution is 6.11. The number of carbonyl (C=O) groups excluding carboxylic acids is 1. The molecule has 0 aliphatic carbocycles. The molecule has 3 aliphatic rings. The predicted octanol–water partition coefficient (Wildman–Crippen LogP) is 3.22. The molecule has 0 unspecified atom stereocenters. The fourth-order valence-corrected chi connectivity index (χ4v) is 4.53. The molecule has 2 aromatic carbocycles. The number of amides is 1. The van der Waals surface area contributed by atoms with Crippen LogP contribution in [0.3, 0.4) is 0 Å². The average Bonchev–Trinajstić information content (AvgIpc) is 3.26. The SMILES string of the molecule is O=C1N(Cc2ccc(F)cn2)c2ccccc2[C@]12COc1cc3c(cc12)OCCO3. The van der Waals surface area contributed by atoms with Crippen LogP contribution in [0, 0.1) is 5.82 Å². The van der Waals surface area contributed by atoms with Gasteiger partial charge in [0.2, 0.25) is 5.91 Å². The van der Waals surface area contributed by atoms with Crippen LogP contribution < -0.4 is 19.1 Å². The second-order valence-corrected chi connectivity index (χ2v) is 7.56. The van der Waals surface area contributed by atoms with Gasteiger partial charge in [-0.2, -0.15) is 0 Å². The topological polar surface area (TPSA) is 60.9 Å². The van der Waals surface area contributed by atoms with Crippen molar-refractivity contribution in [2.24, 2.45) is 0 Å². The van der Waals surface area contributed by atoms with Crippen LogP contribution in [0.25, 0.3) is 0 Å². The lowest BCUT2D eigenvalue weighted by atomic mass is 9.77. The summed E-state index contributed by atoms with van der Waals surface area (Å²) in [6, 6.07) is 14.3. The zero-order valence-corrected chi connectivity index (χ0v) is 15.9. The van der Waals surface area contributed by atoms with Crippen molar-refractivity contribution in [2.45, 2.75) is 12.0 Å². The molecule has 0 saturated carbocycles. The maximum atomic E-state index is 13.9.